The van der Waals surface area contributed by atoms with Crippen LogP contribution >= 0.6 is 0 Å². The van der Waals surface area contributed by atoms with Crippen LogP contribution in [0.4, 0.5) is 0 Å². The zero-order chi connectivity index (χ0) is 61.9. The molecule has 6 aromatic heterocycles. The Morgan fingerprint density at radius 1 is 0.170 bits per heavy atom. The molecule has 0 aliphatic carbocycles. The molecule has 0 saturated heterocycles. The van der Waals surface area contributed by atoms with Crippen LogP contribution in [0.25, 0.3) is 176 Å². The van der Waals surface area contributed by atoms with Crippen LogP contribution in [0.1, 0.15) is 11.1 Å². The number of hydrogen-bond donors (Lipinski definition) is 0. The van der Waals surface area contributed by atoms with Gasteiger partial charge in [0.15, 0.2) is 0 Å². The summed E-state index contributed by atoms with van der Waals surface area (Å²) in [7, 11) is 0. The van der Waals surface area contributed by atoms with E-state index in [1.807, 2.05) is 24.3 Å². The Morgan fingerprint density at radius 3 is 0.543 bits per heavy atom. The largest absolute Gasteiger partial charge is 0.309 e. The minimum atomic E-state index is 0.465. The molecule has 0 fully saturated rings. The number of para-hydroxylation sites is 8. The van der Waals surface area contributed by atoms with E-state index >= 15 is 0 Å². The van der Waals surface area contributed by atoms with Gasteiger partial charge in [-0.15, -0.1) is 0 Å². The summed E-state index contributed by atoms with van der Waals surface area (Å²) >= 11 is 0. The molecule has 20 rings (SSSR count). The van der Waals surface area contributed by atoms with E-state index in [0.717, 1.165) is 122 Å². The van der Waals surface area contributed by atoms with Gasteiger partial charge in [-0.05, 0) is 146 Å². The lowest BCUT2D eigenvalue weighted by Gasteiger charge is -2.15. The van der Waals surface area contributed by atoms with Gasteiger partial charge in [0.2, 0.25) is 0 Å². The molecule has 434 valence electrons. The molecular weight excluding hydrogens is 1150 g/mol. The van der Waals surface area contributed by atoms with E-state index < -0.39 is 0 Å². The van der Waals surface area contributed by atoms with Gasteiger partial charge < -0.3 is 27.4 Å². The van der Waals surface area contributed by atoms with Crippen LogP contribution in [-0.4, -0.2) is 27.4 Å². The van der Waals surface area contributed by atoms with Gasteiger partial charge in [-0.3, -0.25) is 0 Å². The summed E-state index contributed by atoms with van der Waals surface area (Å²) < 4.78 is 14.1. The molecule has 6 heterocycles. The first kappa shape index (κ1) is 51.7. The van der Waals surface area contributed by atoms with Crippen LogP contribution in [0.5, 0.6) is 0 Å². The van der Waals surface area contributed by atoms with E-state index in [0.29, 0.717) is 22.3 Å². The van der Waals surface area contributed by atoms with Crippen molar-refractivity contribution in [3.8, 4) is 57.4 Å². The highest BCUT2D eigenvalue weighted by Gasteiger charge is 2.24. The molecule has 20 aromatic rings. The van der Waals surface area contributed by atoms with Crippen molar-refractivity contribution >= 4 is 131 Å². The van der Waals surface area contributed by atoms with E-state index in [1.54, 1.807) is 0 Å². The molecule has 0 radical (unpaired) electrons. The van der Waals surface area contributed by atoms with Crippen molar-refractivity contribution in [2.45, 2.75) is 0 Å². The molecule has 0 amide bonds. The molecule has 8 nitrogen and oxygen atoms in total. The molecule has 0 saturated carbocycles. The Kier molecular flexibility index (Phi) is 10.8. The number of nitrogens with zero attached hydrogens (tertiary/aromatic N) is 8. The molecular formula is C86H50N8. The third kappa shape index (κ3) is 7.25. The average molecular weight is 1200 g/mol. The van der Waals surface area contributed by atoms with Gasteiger partial charge in [-0.25, -0.2) is 0 Å². The Hall–Kier alpha value is -13.1. The molecule has 94 heavy (non-hydrogen) atoms. The molecule has 0 aliphatic rings. The second-order valence-corrected chi connectivity index (χ2v) is 24.6. The van der Waals surface area contributed by atoms with Crippen LogP contribution < -0.4 is 0 Å². The molecule has 0 unspecified atom stereocenters. The topological polar surface area (TPSA) is 77.2 Å². The van der Waals surface area contributed by atoms with Crippen molar-refractivity contribution < 1.29 is 0 Å². The van der Waals surface area contributed by atoms with E-state index in [9.17, 15) is 10.5 Å². The van der Waals surface area contributed by atoms with Crippen molar-refractivity contribution in [1.82, 2.24) is 27.4 Å². The van der Waals surface area contributed by atoms with E-state index in [4.69, 9.17) is 0 Å². The Labute approximate surface area is 537 Å². The minimum absolute atomic E-state index is 0.465. The standard InChI is InChI=1S/C86H50N8/c87-51-53-45-55(89-83-41-35-57(91-75-25-9-1-17-63(75)64-18-2-10-26-76(64)91)47-71(83)72-48-58(36-42-84(72)89)92-77-27-11-3-19-65(77)66-20-4-12-28-78(66)92)33-39-61(53)62-40-34-56(46-54(62)52-88)90-85-43-37-59(93-79-29-13-5-21-67(79)68-22-6-14-30-80(68)93)49-73(85)74-50-60(38-44-86(74)90)94-81-31-15-7-23-69(81)70-24-8-16-32-82(70)94/h1-50H. The highest BCUT2D eigenvalue weighted by atomic mass is 15.0. The average Bonchev–Trinajstić information content (AvgIpc) is 1.58. The molecule has 0 aliphatic heterocycles. The maximum atomic E-state index is 11.3. The summed E-state index contributed by atoms with van der Waals surface area (Å²) in [5.74, 6) is 0. The summed E-state index contributed by atoms with van der Waals surface area (Å²) in [6.45, 7) is 0. The summed E-state index contributed by atoms with van der Waals surface area (Å²) in [4.78, 5) is 0. The first-order valence-electron chi connectivity index (χ1n) is 31.8. The quantitative estimate of drug-likeness (QED) is 0.159. The van der Waals surface area contributed by atoms with Crippen LogP contribution in [0, 0.1) is 22.7 Å². The summed E-state index contributed by atoms with van der Waals surface area (Å²) in [6.07, 6.45) is 0. The van der Waals surface area contributed by atoms with Crippen molar-refractivity contribution in [1.29, 1.82) is 10.5 Å². The van der Waals surface area contributed by atoms with Crippen LogP contribution in [0.3, 0.4) is 0 Å². The van der Waals surface area contributed by atoms with Gasteiger partial charge in [0.1, 0.15) is 0 Å². The Balaban J connectivity index is 0.753. The third-order valence-electron chi connectivity index (χ3n) is 19.9. The lowest BCUT2D eigenvalue weighted by molar-refractivity contribution is 1.15. The summed E-state index contributed by atoms with van der Waals surface area (Å²) in [5, 5.41) is 36.6. The van der Waals surface area contributed by atoms with E-state index in [-0.39, 0.29) is 0 Å². The number of aromatic nitrogens is 6. The van der Waals surface area contributed by atoms with Crippen LogP contribution in [0.15, 0.2) is 303 Å². The van der Waals surface area contributed by atoms with Gasteiger partial charge in [-0.1, -0.05) is 158 Å². The molecule has 0 bridgehead atoms. The van der Waals surface area contributed by atoms with Crippen molar-refractivity contribution in [3.63, 3.8) is 0 Å². The second kappa shape index (κ2) is 19.7. The summed E-state index contributed by atoms with van der Waals surface area (Å²) in [5.41, 5.74) is 21.4. The maximum Gasteiger partial charge on any atom is 0.0998 e. The molecule has 8 heteroatoms. The van der Waals surface area contributed by atoms with Gasteiger partial charge in [0.05, 0.1) is 89.5 Å². The lowest BCUT2D eigenvalue weighted by Crippen LogP contribution is -1.99. The fourth-order valence-electron chi connectivity index (χ4n) is 15.9. The van der Waals surface area contributed by atoms with Crippen molar-refractivity contribution in [2.24, 2.45) is 0 Å². The number of rotatable bonds is 7. The monoisotopic (exact) mass is 1190 g/mol. The smallest absolute Gasteiger partial charge is 0.0998 e. The highest BCUT2D eigenvalue weighted by Crippen LogP contribution is 2.44. The predicted octanol–water partition coefficient (Wildman–Crippen LogP) is 21.7. The number of benzene rings is 14. The predicted molar refractivity (Wildman–Crippen MR) is 387 cm³/mol. The van der Waals surface area contributed by atoms with Gasteiger partial charge in [0, 0.05) is 110 Å². The van der Waals surface area contributed by atoms with Gasteiger partial charge in [0.25, 0.3) is 0 Å². The Morgan fingerprint density at radius 2 is 0.340 bits per heavy atom. The fourth-order valence-corrected chi connectivity index (χ4v) is 15.9. The zero-order valence-corrected chi connectivity index (χ0v) is 50.4. The highest BCUT2D eigenvalue weighted by molar-refractivity contribution is 6.17. The lowest BCUT2D eigenvalue weighted by atomic mass is 9.95. The molecule has 0 N–H and O–H groups in total. The first-order valence-corrected chi connectivity index (χ1v) is 31.8. The molecule has 14 aromatic carbocycles. The van der Waals surface area contributed by atoms with Crippen LogP contribution in [0.2, 0.25) is 0 Å². The van der Waals surface area contributed by atoms with Gasteiger partial charge >= 0.3 is 0 Å². The number of hydrogen-bond acceptors (Lipinski definition) is 2. The molecule has 0 atom stereocenters. The summed E-state index contributed by atoms with van der Waals surface area (Å²) in [6, 6.07) is 114. The number of nitriles is 2. The first-order chi connectivity index (χ1) is 46.6. The third-order valence-corrected chi connectivity index (χ3v) is 19.9. The van der Waals surface area contributed by atoms with E-state index in [2.05, 4.69) is 319 Å². The van der Waals surface area contributed by atoms with Crippen LogP contribution in [-0.2, 0) is 0 Å². The fraction of sp³-hybridized carbons (Fsp3) is 0. The SMILES string of the molecule is N#Cc1cc(-n2c3ccc(-n4c5ccccc5c5ccccc54)cc3c3cc(-n4c5ccccc5c5ccccc54)ccc32)ccc1-c1ccc(-n2c3ccc(-n4c5ccccc5c5ccccc54)cc3c3cc(-n4c5ccccc5c5ccccc54)ccc32)cc1C#N. The maximum absolute atomic E-state index is 11.3. The van der Waals surface area contributed by atoms with E-state index in [1.165, 1.54) is 43.1 Å². The Bertz CT molecular complexity index is 5810. The normalized spacial score (nSPS) is 12.0. The number of fused-ring (bicyclic) bond motifs is 18. The molecule has 0 spiro atoms. The minimum Gasteiger partial charge on any atom is -0.309 e. The second-order valence-electron chi connectivity index (χ2n) is 24.6. The van der Waals surface area contributed by atoms with Crippen molar-refractivity contribution in [2.75, 3.05) is 0 Å². The zero-order valence-electron chi connectivity index (χ0n) is 50.4. The van der Waals surface area contributed by atoms with Gasteiger partial charge in [-0.2, -0.15) is 10.5 Å². The van der Waals surface area contributed by atoms with Crippen molar-refractivity contribution in [3.05, 3.63) is 314 Å².